The third-order valence-electron chi connectivity index (χ3n) is 2.58. The van der Waals surface area contributed by atoms with Gasteiger partial charge in [0, 0.05) is 6.26 Å². The van der Waals surface area contributed by atoms with E-state index in [1.54, 1.807) is 19.2 Å². The summed E-state index contributed by atoms with van der Waals surface area (Å²) in [6.45, 7) is 1.91. The molecule has 1 aromatic rings. The van der Waals surface area contributed by atoms with Crippen molar-refractivity contribution in [3.8, 4) is 5.75 Å². The summed E-state index contributed by atoms with van der Waals surface area (Å²) in [5.41, 5.74) is 1.66. The van der Waals surface area contributed by atoms with Gasteiger partial charge in [-0.05, 0) is 30.5 Å². The van der Waals surface area contributed by atoms with Crippen molar-refractivity contribution in [2.45, 2.75) is 19.4 Å². The summed E-state index contributed by atoms with van der Waals surface area (Å²) in [7, 11) is -1.48. The van der Waals surface area contributed by atoms with Crippen molar-refractivity contribution in [2.75, 3.05) is 19.1 Å². The maximum absolute atomic E-state index is 11.0. The van der Waals surface area contributed by atoms with Crippen LogP contribution in [0.5, 0.6) is 5.75 Å². The number of aliphatic hydroxyl groups excluding tert-OH is 1. The molecule has 0 fully saturated rings. The molecule has 0 spiro atoms. The molecule has 0 aliphatic carbocycles. The van der Waals surface area contributed by atoms with Crippen molar-refractivity contribution >= 4 is 9.84 Å². The minimum Gasteiger partial charge on any atom is -0.496 e. The molecule has 0 aromatic heterocycles. The Labute approximate surface area is 102 Å². The average Bonchev–Trinajstić information content (AvgIpc) is 2.25. The third-order valence-corrected chi connectivity index (χ3v) is 3.56. The zero-order valence-corrected chi connectivity index (χ0v) is 11.1. The van der Waals surface area contributed by atoms with Crippen LogP contribution in [0.3, 0.4) is 0 Å². The van der Waals surface area contributed by atoms with Crippen molar-refractivity contribution < 1.29 is 18.3 Å². The van der Waals surface area contributed by atoms with Crippen LogP contribution in [0.2, 0.25) is 0 Å². The number of rotatable bonds is 5. The number of benzene rings is 1. The Hall–Kier alpha value is -1.07. The van der Waals surface area contributed by atoms with Gasteiger partial charge in [0.15, 0.2) is 0 Å². The van der Waals surface area contributed by atoms with Crippen LogP contribution in [0.4, 0.5) is 0 Å². The molecule has 1 N–H and O–H groups in total. The zero-order valence-electron chi connectivity index (χ0n) is 10.3. The highest BCUT2D eigenvalue weighted by Gasteiger charge is 2.12. The van der Waals surface area contributed by atoms with E-state index < -0.39 is 15.9 Å². The van der Waals surface area contributed by atoms with E-state index in [0.717, 1.165) is 11.8 Å². The van der Waals surface area contributed by atoms with Crippen molar-refractivity contribution in [1.29, 1.82) is 0 Å². The molecule has 0 amide bonds. The smallest absolute Gasteiger partial charge is 0.147 e. The molecule has 4 nitrogen and oxygen atoms in total. The van der Waals surface area contributed by atoms with Gasteiger partial charge in [-0.1, -0.05) is 12.1 Å². The van der Waals surface area contributed by atoms with Crippen LogP contribution in [0.15, 0.2) is 18.2 Å². The van der Waals surface area contributed by atoms with E-state index in [1.165, 1.54) is 0 Å². The minimum absolute atomic E-state index is 0.0235. The van der Waals surface area contributed by atoms with Crippen LogP contribution < -0.4 is 4.74 Å². The Morgan fingerprint density at radius 3 is 2.59 bits per heavy atom. The molecule has 1 unspecified atom stereocenters. The quantitative estimate of drug-likeness (QED) is 0.868. The Morgan fingerprint density at radius 2 is 2.06 bits per heavy atom. The van der Waals surface area contributed by atoms with Gasteiger partial charge in [0.1, 0.15) is 15.6 Å². The Morgan fingerprint density at radius 1 is 1.41 bits per heavy atom. The summed E-state index contributed by atoms with van der Waals surface area (Å²) >= 11 is 0. The first kappa shape index (κ1) is 14.0. The predicted octanol–water partition coefficient (Wildman–Crippen LogP) is 1.47. The van der Waals surface area contributed by atoms with Crippen LogP contribution in [0.1, 0.15) is 23.7 Å². The SMILES string of the molecule is COc1cc(C(O)CCS(C)(=O)=O)ccc1C. The van der Waals surface area contributed by atoms with Crippen LogP contribution >= 0.6 is 0 Å². The summed E-state index contributed by atoms with van der Waals surface area (Å²) in [5, 5.41) is 9.87. The minimum atomic E-state index is -3.04. The maximum atomic E-state index is 11.0. The van der Waals surface area contributed by atoms with Gasteiger partial charge in [0.25, 0.3) is 0 Å². The molecular weight excluding hydrogens is 240 g/mol. The molecule has 0 aliphatic heterocycles. The fraction of sp³-hybridized carbons (Fsp3) is 0.500. The standard InChI is InChI=1S/C12H18O4S/c1-9-4-5-10(8-12(9)16-2)11(13)6-7-17(3,14)15/h4-5,8,11,13H,6-7H2,1-3H3. The number of aliphatic hydroxyl groups is 1. The number of methoxy groups -OCH3 is 1. The molecule has 0 heterocycles. The third kappa shape index (κ3) is 4.36. The Bertz CT molecular complexity index is 479. The second kappa shape index (κ2) is 5.51. The summed E-state index contributed by atoms with van der Waals surface area (Å²) in [6, 6.07) is 5.37. The van der Waals surface area contributed by atoms with Crippen molar-refractivity contribution in [3.05, 3.63) is 29.3 Å². The molecule has 5 heteroatoms. The van der Waals surface area contributed by atoms with Gasteiger partial charge in [-0.2, -0.15) is 0 Å². The van der Waals surface area contributed by atoms with Crippen LogP contribution in [0, 0.1) is 6.92 Å². The van der Waals surface area contributed by atoms with E-state index in [0.29, 0.717) is 11.3 Å². The maximum Gasteiger partial charge on any atom is 0.147 e. The van der Waals surface area contributed by atoms with Gasteiger partial charge < -0.3 is 9.84 Å². The molecule has 17 heavy (non-hydrogen) atoms. The highest BCUT2D eigenvalue weighted by Crippen LogP contribution is 2.25. The van der Waals surface area contributed by atoms with Gasteiger partial charge in [-0.15, -0.1) is 0 Å². The topological polar surface area (TPSA) is 63.6 Å². The first-order chi connectivity index (χ1) is 7.83. The second-order valence-electron chi connectivity index (χ2n) is 4.16. The largest absolute Gasteiger partial charge is 0.496 e. The summed E-state index contributed by atoms with van der Waals surface area (Å²) in [6.07, 6.45) is 0.583. The molecule has 1 rings (SSSR count). The van der Waals surface area contributed by atoms with Gasteiger partial charge in [-0.25, -0.2) is 8.42 Å². The second-order valence-corrected chi connectivity index (χ2v) is 6.42. The molecule has 0 bridgehead atoms. The fourth-order valence-electron chi connectivity index (χ4n) is 1.54. The molecule has 0 saturated heterocycles. The van der Waals surface area contributed by atoms with E-state index >= 15 is 0 Å². The molecule has 0 saturated carbocycles. The zero-order chi connectivity index (χ0) is 13.1. The van der Waals surface area contributed by atoms with Gasteiger partial charge in [-0.3, -0.25) is 0 Å². The lowest BCUT2D eigenvalue weighted by molar-refractivity contribution is 0.174. The lowest BCUT2D eigenvalue weighted by Crippen LogP contribution is -2.08. The Kier molecular flexibility index (Phi) is 4.54. The number of hydrogen-bond donors (Lipinski definition) is 1. The van der Waals surface area contributed by atoms with Gasteiger partial charge in [0.05, 0.1) is 19.0 Å². The number of sulfone groups is 1. The van der Waals surface area contributed by atoms with E-state index in [9.17, 15) is 13.5 Å². The highest BCUT2D eigenvalue weighted by molar-refractivity contribution is 7.90. The molecular formula is C12H18O4S. The van der Waals surface area contributed by atoms with Crippen LogP contribution in [-0.4, -0.2) is 32.6 Å². The fourth-order valence-corrected chi connectivity index (χ4v) is 2.19. The molecule has 1 atom stereocenters. The lowest BCUT2D eigenvalue weighted by Gasteiger charge is -2.13. The van der Waals surface area contributed by atoms with Gasteiger partial charge >= 0.3 is 0 Å². The molecule has 0 aliphatic rings. The first-order valence-corrected chi connectivity index (χ1v) is 7.40. The van der Waals surface area contributed by atoms with Crippen molar-refractivity contribution in [3.63, 3.8) is 0 Å². The molecule has 0 radical (unpaired) electrons. The van der Waals surface area contributed by atoms with Crippen LogP contribution in [0.25, 0.3) is 0 Å². The van der Waals surface area contributed by atoms with E-state index in [1.807, 2.05) is 13.0 Å². The van der Waals surface area contributed by atoms with E-state index in [-0.39, 0.29) is 12.2 Å². The van der Waals surface area contributed by atoms with Crippen molar-refractivity contribution in [1.82, 2.24) is 0 Å². The van der Waals surface area contributed by atoms with Crippen LogP contribution in [-0.2, 0) is 9.84 Å². The normalized spacial score (nSPS) is 13.4. The first-order valence-electron chi connectivity index (χ1n) is 5.34. The van der Waals surface area contributed by atoms with Crippen molar-refractivity contribution in [2.24, 2.45) is 0 Å². The molecule has 96 valence electrons. The average molecular weight is 258 g/mol. The summed E-state index contributed by atoms with van der Waals surface area (Å²) < 4.78 is 27.2. The number of hydrogen-bond acceptors (Lipinski definition) is 4. The summed E-state index contributed by atoms with van der Waals surface area (Å²) in [4.78, 5) is 0. The lowest BCUT2D eigenvalue weighted by atomic mass is 10.0. The predicted molar refractivity (Wildman–Crippen MR) is 67.0 cm³/mol. The highest BCUT2D eigenvalue weighted by atomic mass is 32.2. The van der Waals surface area contributed by atoms with E-state index in [4.69, 9.17) is 4.74 Å². The number of ether oxygens (including phenoxy) is 1. The Balaban J connectivity index is 2.79. The summed E-state index contributed by atoms with van der Waals surface area (Å²) in [5.74, 6) is 0.672. The monoisotopic (exact) mass is 258 g/mol. The van der Waals surface area contributed by atoms with Gasteiger partial charge in [0.2, 0.25) is 0 Å². The molecule has 1 aromatic carbocycles. The van der Waals surface area contributed by atoms with E-state index in [2.05, 4.69) is 0 Å². The number of aryl methyl sites for hydroxylation is 1.